The summed E-state index contributed by atoms with van der Waals surface area (Å²) >= 11 is 0. The monoisotopic (exact) mass is 227 g/mol. The van der Waals surface area contributed by atoms with Crippen LogP contribution in [0.5, 0.6) is 0 Å². The predicted octanol–water partition coefficient (Wildman–Crippen LogP) is 2.17. The first-order valence-corrected chi connectivity index (χ1v) is 5.77. The highest BCUT2D eigenvalue weighted by molar-refractivity contribution is 5.83. The third-order valence-corrected chi connectivity index (χ3v) is 3.05. The molecule has 0 saturated heterocycles. The van der Waals surface area contributed by atoms with Gasteiger partial charge in [0.05, 0.1) is 5.39 Å². The van der Waals surface area contributed by atoms with Crippen LogP contribution >= 0.6 is 0 Å². The van der Waals surface area contributed by atoms with Gasteiger partial charge in [0.25, 0.3) is 0 Å². The Morgan fingerprint density at radius 1 is 1.24 bits per heavy atom. The van der Waals surface area contributed by atoms with E-state index in [0.29, 0.717) is 11.1 Å². The van der Waals surface area contributed by atoms with Crippen molar-refractivity contribution in [2.75, 3.05) is 13.1 Å². The second-order valence-electron chi connectivity index (χ2n) is 4.17. The van der Waals surface area contributed by atoms with Crippen molar-refractivity contribution in [2.24, 2.45) is 0 Å². The normalized spacial score (nSPS) is 15.9. The van der Waals surface area contributed by atoms with E-state index in [2.05, 4.69) is 11.4 Å². The van der Waals surface area contributed by atoms with Gasteiger partial charge in [0.1, 0.15) is 5.76 Å². The molecule has 0 radical (unpaired) electrons. The summed E-state index contributed by atoms with van der Waals surface area (Å²) in [7, 11) is 0. The smallest absolute Gasteiger partial charge is 0.344 e. The largest absolute Gasteiger partial charge is 0.423 e. The van der Waals surface area contributed by atoms with Crippen molar-refractivity contribution in [1.29, 1.82) is 0 Å². The lowest BCUT2D eigenvalue weighted by atomic mass is 10.0. The van der Waals surface area contributed by atoms with Gasteiger partial charge in [-0.3, -0.25) is 0 Å². The number of benzene rings is 1. The molecule has 1 aromatic heterocycles. The van der Waals surface area contributed by atoms with Gasteiger partial charge >= 0.3 is 5.63 Å². The van der Waals surface area contributed by atoms with Gasteiger partial charge in [0, 0.05) is 6.54 Å². The minimum absolute atomic E-state index is 0.252. The van der Waals surface area contributed by atoms with E-state index in [1.165, 1.54) is 0 Å². The van der Waals surface area contributed by atoms with Crippen LogP contribution in [0.2, 0.25) is 0 Å². The molecule has 1 aliphatic rings. The SMILES string of the molecule is O=c1oc(C2=CCNCC2)cc2ccccc12. The number of hydrogen-bond acceptors (Lipinski definition) is 3. The molecule has 0 bridgehead atoms. The van der Waals surface area contributed by atoms with Crippen LogP contribution in [0.15, 0.2) is 45.6 Å². The Morgan fingerprint density at radius 3 is 2.94 bits per heavy atom. The molecule has 17 heavy (non-hydrogen) atoms. The second kappa shape index (κ2) is 4.18. The maximum atomic E-state index is 11.8. The molecule has 1 aromatic carbocycles. The van der Waals surface area contributed by atoms with Gasteiger partial charge in [0.2, 0.25) is 0 Å². The van der Waals surface area contributed by atoms with Gasteiger partial charge in [-0.2, -0.15) is 0 Å². The zero-order valence-corrected chi connectivity index (χ0v) is 9.40. The van der Waals surface area contributed by atoms with Crippen LogP contribution in [0.4, 0.5) is 0 Å². The van der Waals surface area contributed by atoms with E-state index in [0.717, 1.165) is 30.5 Å². The summed E-state index contributed by atoms with van der Waals surface area (Å²) in [5.74, 6) is 0.704. The molecular formula is C14H13NO2. The molecule has 0 fully saturated rings. The summed E-state index contributed by atoms with van der Waals surface area (Å²) in [4.78, 5) is 11.8. The number of fused-ring (bicyclic) bond motifs is 1. The summed E-state index contributed by atoms with van der Waals surface area (Å²) in [6.07, 6.45) is 2.98. The molecule has 3 nitrogen and oxygen atoms in total. The topological polar surface area (TPSA) is 42.2 Å². The minimum Gasteiger partial charge on any atom is -0.423 e. The average Bonchev–Trinajstić information content (AvgIpc) is 2.40. The molecule has 0 aliphatic carbocycles. The van der Waals surface area contributed by atoms with Crippen molar-refractivity contribution in [1.82, 2.24) is 5.32 Å². The zero-order valence-electron chi connectivity index (χ0n) is 9.40. The van der Waals surface area contributed by atoms with Crippen LogP contribution in [-0.4, -0.2) is 13.1 Å². The summed E-state index contributed by atoms with van der Waals surface area (Å²) in [6.45, 7) is 1.77. The number of hydrogen-bond donors (Lipinski definition) is 1. The van der Waals surface area contributed by atoms with Crippen molar-refractivity contribution >= 4 is 16.3 Å². The standard InChI is InChI=1S/C14H13NO2/c16-14-12-4-2-1-3-11(12)9-13(17-14)10-5-7-15-8-6-10/h1-5,9,15H,6-8H2. The highest BCUT2D eigenvalue weighted by Crippen LogP contribution is 2.21. The van der Waals surface area contributed by atoms with E-state index in [1.807, 2.05) is 24.3 Å². The van der Waals surface area contributed by atoms with Crippen LogP contribution < -0.4 is 10.9 Å². The molecule has 2 aromatic rings. The van der Waals surface area contributed by atoms with E-state index < -0.39 is 0 Å². The lowest BCUT2D eigenvalue weighted by Gasteiger charge is -2.13. The summed E-state index contributed by atoms with van der Waals surface area (Å²) in [5, 5.41) is 4.83. The Kier molecular flexibility index (Phi) is 2.53. The highest BCUT2D eigenvalue weighted by Gasteiger charge is 2.10. The molecule has 0 amide bonds. The summed E-state index contributed by atoms with van der Waals surface area (Å²) < 4.78 is 5.38. The number of nitrogens with one attached hydrogen (secondary N) is 1. The van der Waals surface area contributed by atoms with Gasteiger partial charge in [-0.15, -0.1) is 0 Å². The van der Waals surface area contributed by atoms with Gasteiger partial charge in [-0.05, 0) is 36.1 Å². The molecule has 1 N–H and O–H groups in total. The first-order valence-electron chi connectivity index (χ1n) is 5.77. The van der Waals surface area contributed by atoms with Gasteiger partial charge in [-0.25, -0.2) is 4.79 Å². The average molecular weight is 227 g/mol. The van der Waals surface area contributed by atoms with Crippen LogP contribution in [0.3, 0.4) is 0 Å². The Morgan fingerprint density at radius 2 is 2.12 bits per heavy atom. The van der Waals surface area contributed by atoms with Crippen LogP contribution in [0.25, 0.3) is 16.3 Å². The van der Waals surface area contributed by atoms with Gasteiger partial charge in [-0.1, -0.05) is 24.3 Å². The van der Waals surface area contributed by atoms with Crippen molar-refractivity contribution in [3.8, 4) is 0 Å². The van der Waals surface area contributed by atoms with Gasteiger partial charge < -0.3 is 9.73 Å². The first kappa shape index (κ1) is 10.3. The van der Waals surface area contributed by atoms with Crippen molar-refractivity contribution in [2.45, 2.75) is 6.42 Å². The Labute approximate surface area is 98.8 Å². The lowest BCUT2D eigenvalue weighted by Crippen LogP contribution is -2.20. The third-order valence-electron chi connectivity index (χ3n) is 3.05. The van der Waals surface area contributed by atoms with Crippen LogP contribution in [-0.2, 0) is 0 Å². The Hall–Kier alpha value is -1.87. The van der Waals surface area contributed by atoms with E-state index in [-0.39, 0.29) is 5.63 Å². The fourth-order valence-corrected chi connectivity index (χ4v) is 2.14. The Bertz CT molecular complexity index is 640. The summed E-state index contributed by atoms with van der Waals surface area (Å²) in [6, 6.07) is 9.47. The summed E-state index contributed by atoms with van der Waals surface area (Å²) in [5.41, 5.74) is 0.865. The van der Waals surface area contributed by atoms with E-state index >= 15 is 0 Å². The van der Waals surface area contributed by atoms with Gasteiger partial charge in [0.15, 0.2) is 0 Å². The van der Waals surface area contributed by atoms with E-state index in [4.69, 9.17) is 4.42 Å². The maximum absolute atomic E-state index is 11.8. The van der Waals surface area contributed by atoms with Crippen molar-refractivity contribution in [3.05, 3.63) is 52.6 Å². The molecule has 0 saturated carbocycles. The molecule has 2 heterocycles. The molecule has 0 unspecified atom stereocenters. The second-order valence-corrected chi connectivity index (χ2v) is 4.17. The van der Waals surface area contributed by atoms with Crippen molar-refractivity contribution < 1.29 is 4.42 Å². The highest BCUT2D eigenvalue weighted by atomic mass is 16.4. The zero-order chi connectivity index (χ0) is 11.7. The molecule has 3 heteroatoms. The maximum Gasteiger partial charge on any atom is 0.344 e. The van der Waals surface area contributed by atoms with E-state index in [1.54, 1.807) is 6.07 Å². The fraction of sp³-hybridized carbons (Fsp3) is 0.214. The first-order chi connectivity index (χ1) is 8.34. The predicted molar refractivity (Wildman–Crippen MR) is 67.9 cm³/mol. The molecule has 3 rings (SSSR count). The van der Waals surface area contributed by atoms with Crippen LogP contribution in [0, 0.1) is 0 Å². The quantitative estimate of drug-likeness (QED) is 0.811. The van der Waals surface area contributed by atoms with Crippen LogP contribution in [0.1, 0.15) is 12.2 Å². The Balaban J connectivity index is 2.18. The molecule has 0 spiro atoms. The molecular weight excluding hydrogens is 214 g/mol. The molecule has 86 valence electrons. The third kappa shape index (κ3) is 1.89. The van der Waals surface area contributed by atoms with E-state index in [9.17, 15) is 4.79 Å². The lowest BCUT2D eigenvalue weighted by molar-refractivity contribution is 0.501. The molecule has 0 atom stereocenters. The minimum atomic E-state index is -0.252. The number of rotatable bonds is 1. The molecule has 1 aliphatic heterocycles. The fourth-order valence-electron chi connectivity index (χ4n) is 2.14. The van der Waals surface area contributed by atoms with Crippen molar-refractivity contribution in [3.63, 3.8) is 0 Å².